The number of anilines is 2. The molecule has 3 N–H and O–H groups in total. The molecule has 1 aromatic heterocycles. The predicted octanol–water partition coefficient (Wildman–Crippen LogP) is 6.22. The fraction of sp³-hybridized carbons (Fsp3) is 0.343. The van der Waals surface area contributed by atoms with Crippen LogP contribution in [0, 0.1) is 5.82 Å². The lowest BCUT2D eigenvalue weighted by Gasteiger charge is -2.18. The number of carbonyl (C=O) groups excluding carboxylic acids is 4. The Bertz CT molecular complexity index is 2180. The molecular formula is C35H33ClF5N5O12S. The summed E-state index contributed by atoms with van der Waals surface area (Å²) < 4.78 is 108. The van der Waals surface area contributed by atoms with Crippen LogP contribution in [0.5, 0.6) is 17.5 Å². The van der Waals surface area contributed by atoms with Crippen molar-refractivity contribution in [3.63, 3.8) is 0 Å². The van der Waals surface area contributed by atoms with Crippen molar-refractivity contribution in [1.29, 1.82) is 0 Å². The van der Waals surface area contributed by atoms with E-state index >= 15 is 0 Å². The van der Waals surface area contributed by atoms with Gasteiger partial charge in [0.15, 0.2) is 6.61 Å². The van der Waals surface area contributed by atoms with Crippen molar-refractivity contribution in [2.45, 2.75) is 70.0 Å². The predicted molar refractivity (Wildman–Crippen MR) is 193 cm³/mol. The molecule has 2 heterocycles. The quantitative estimate of drug-likeness (QED) is 0.0628. The van der Waals surface area contributed by atoms with Crippen LogP contribution in [0.1, 0.15) is 62.2 Å². The van der Waals surface area contributed by atoms with Crippen LogP contribution in [-0.2, 0) is 29.1 Å². The molecule has 0 atom stereocenters. The number of amides is 4. The number of ether oxygens (including phenoxy) is 4. The van der Waals surface area contributed by atoms with E-state index in [1.54, 1.807) is 5.32 Å². The Morgan fingerprint density at radius 3 is 2.08 bits per heavy atom. The Balaban J connectivity index is 0.000000261. The van der Waals surface area contributed by atoms with Crippen LogP contribution in [0.4, 0.5) is 38.4 Å². The fourth-order valence-electron chi connectivity index (χ4n) is 5.42. The number of hydrogen-bond acceptors (Lipinski definition) is 13. The van der Waals surface area contributed by atoms with Crippen LogP contribution in [0.15, 0.2) is 58.5 Å². The molecule has 5 rings (SSSR count). The number of carboxylic acid groups (broad SMARTS) is 1. The zero-order valence-corrected chi connectivity index (χ0v) is 32.1. The average Bonchev–Trinajstić information content (AvgIpc) is 3.41. The van der Waals surface area contributed by atoms with Gasteiger partial charge in [0.05, 0.1) is 28.9 Å². The van der Waals surface area contributed by atoms with E-state index in [-0.39, 0.29) is 16.5 Å². The minimum Gasteiger partial charge on any atom is -0.480 e. The number of esters is 1. The maximum absolute atomic E-state index is 14.5. The third-order valence-electron chi connectivity index (χ3n) is 7.95. The van der Waals surface area contributed by atoms with Gasteiger partial charge >= 0.3 is 31.2 Å². The van der Waals surface area contributed by atoms with Crippen LogP contribution < -0.4 is 29.1 Å². The first-order chi connectivity index (χ1) is 27.9. The van der Waals surface area contributed by atoms with Gasteiger partial charge in [-0.05, 0) is 50.3 Å². The van der Waals surface area contributed by atoms with E-state index in [2.05, 4.69) is 19.4 Å². The number of sulfonamides is 1. The molecule has 318 valence electrons. The first-order valence-electron chi connectivity index (χ1n) is 17.2. The van der Waals surface area contributed by atoms with Crippen molar-refractivity contribution >= 4 is 63.0 Å². The lowest BCUT2D eigenvalue weighted by molar-refractivity contribution is -0.146. The number of imide groups is 1. The zero-order valence-electron chi connectivity index (χ0n) is 30.5. The molecule has 1 aliphatic heterocycles. The summed E-state index contributed by atoms with van der Waals surface area (Å²) in [4.78, 5) is 66.8. The van der Waals surface area contributed by atoms with Gasteiger partial charge in [-0.3, -0.25) is 14.9 Å². The summed E-state index contributed by atoms with van der Waals surface area (Å²) in [6, 6.07) is 5.37. The Kier molecular flexibility index (Phi) is 15.9. The summed E-state index contributed by atoms with van der Waals surface area (Å²) in [6.07, 6.45) is 5.40. The smallest absolute Gasteiger partial charge is 0.388 e. The summed E-state index contributed by atoms with van der Waals surface area (Å²) in [5, 5.41) is 10.7. The molecule has 24 heteroatoms. The first-order valence-corrected chi connectivity index (χ1v) is 19.1. The third kappa shape index (κ3) is 12.4. The Hall–Kier alpha value is -6.10. The van der Waals surface area contributed by atoms with Gasteiger partial charge in [0, 0.05) is 17.2 Å². The summed E-state index contributed by atoms with van der Waals surface area (Å²) in [5.74, 6) is -6.86. The summed E-state index contributed by atoms with van der Waals surface area (Å²) in [6.45, 7) is -4.89. The molecule has 0 spiro atoms. The number of rotatable bonds is 16. The number of urea groups is 1. The van der Waals surface area contributed by atoms with Crippen LogP contribution in [0.3, 0.4) is 0 Å². The number of carbonyl (C=O) groups is 5. The average molecular weight is 878 g/mol. The van der Waals surface area contributed by atoms with Gasteiger partial charge in [-0.15, -0.1) is 0 Å². The van der Waals surface area contributed by atoms with Gasteiger partial charge < -0.3 is 24.1 Å². The number of carboxylic acids is 1. The number of hydrogen-bond donors (Lipinski definition) is 3. The highest BCUT2D eigenvalue weighted by atomic mass is 35.5. The molecule has 0 radical (unpaired) electrons. The molecule has 0 saturated carbocycles. The van der Waals surface area contributed by atoms with E-state index in [4.69, 9.17) is 26.2 Å². The molecule has 59 heavy (non-hydrogen) atoms. The van der Waals surface area contributed by atoms with E-state index in [1.165, 1.54) is 22.9 Å². The molecular weight excluding hydrogens is 845 g/mol. The molecule has 2 aromatic carbocycles. The van der Waals surface area contributed by atoms with Gasteiger partial charge in [0.25, 0.3) is 21.8 Å². The molecule has 0 bridgehead atoms. The number of unbranched alkanes of at least 4 members (excludes halogenated alkanes) is 2. The lowest BCUT2D eigenvalue weighted by Crippen LogP contribution is -2.35. The van der Waals surface area contributed by atoms with Gasteiger partial charge in [-0.25, -0.2) is 36.8 Å². The standard InChI is InChI=1S/C21H23ClFNO5.C14H10F4N4O7S/c1-2-3-6-9-28-19(25)12-29-18-11-17(16(23)10-15(18)22)24-20(26)13-7-4-5-8-14(13)21(24)27;15-11(16)28-8-5-9(29-12(17)18)20-13(19-8)21-14(25)22-30(26,27)7-4-2-1-3-6(7)10(23)24/h10-11H,2-9,12H2,1H3;1-5,11-12H,(H,23,24)(H2,19,20,21,22,25). The van der Waals surface area contributed by atoms with Crippen molar-refractivity contribution in [1.82, 2.24) is 14.7 Å². The monoisotopic (exact) mass is 877 g/mol. The van der Waals surface area contributed by atoms with Crippen LogP contribution in [0.25, 0.3) is 0 Å². The van der Waals surface area contributed by atoms with Gasteiger partial charge in [-0.2, -0.15) is 27.5 Å². The van der Waals surface area contributed by atoms with Crippen LogP contribution >= 0.6 is 11.6 Å². The van der Waals surface area contributed by atoms with Crippen LogP contribution in [-0.4, -0.2) is 79.7 Å². The zero-order chi connectivity index (χ0) is 43.4. The number of halogens is 6. The normalized spacial score (nSPS) is 13.7. The van der Waals surface area contributed by atoms with Crippen molar-refractivity contribution in [3.8, 4) is 17.5 Å². The second-order valence-corrected chi connectivity index (χ2v) is 14.1. The molecule has 17 nitrogen and oxygen atoms in total. The van der Waals surface area contributed by atoms with E-state index in [9.17, 15) is 54.3 Å². The highest BCUT2D eigenvalue weighted by Gasteiger charge is 2.41. The highest BCUT2D eigenvalue weighted by molar-refractivity contribution is 7.90. The van der Waals surface area contributed by atoms with Crippen molar-refractivity contribution in [2.75, 3.05) is 23.4 Å². The van der Waals surface area contributed by atoms with Crippen LogP contribution in [0.2, 0.25) is 5.02 Å². The van der Waals surface area contributed by atoms with Gasteiger partial charge in [0.1, 0.15) is 16.5 Å². The maximum Gasteiger partial charge on any atom is 0.388 e. The van der Waals surface area contributed by atoms with Gasteiger partial charge in [0.2, 0.25) is 17.7 Å². The van der Waals surface area contributed by atoms with Crippen molar-refractivity contribution in [2.24, 2.45) is 0 Å². The largest absolute Gasteiger partial charge is 0.480 e. The topological polar surface area (TPSA) is 230 Å². The highest BCUT2D eigenvalue weighted by Crippen LogP contribution is 2.39. The number of aromatic nitrogens is 2. The summed E-state index contributed by atoms with van der Waals surface area (Å²) in [7, 11) is -4.71. The number of benzene rings is 2. The van der Waals surface area contributed by atoms with E-state index in [0.29, 0.717) is 36.7 Å². The summed E-state index contributed by atoms with van der Waals surface area (Å²) in [5.41, 5.74) is 0.0292. The van der Waals surface area contributed by atoms with E-state index in [1.807, 2.05) is 6.92 Å². The van der Waals surface area contributed by atoms with E-state index in [0.717, 1.165) is 55.2 Å². The maximum atomic E-state index is 14.5. The fourth-order valence-corrected chi connectivity index (χ4v) is 6.73. The molecule has 0 saturated heterocycles. The molecule has 0 unspecified atom stereocenters. The SMILES string of the molecule is CCCCCOC(=O)COc1cc(N2C(=O)C3=C(CCCC3)C2=O)c(F)cc1Cl.O=C(Nc1nc(OC(F)F)cc(OC(F)F)n1)NS(=O)(=O)c1ccccc1C(=O)O. The molecule has 4 amide bonds. The minimum atomic E-state index is -4.71. The number of aromatic carboxylic acids is 1. The number of nitrogens with zero attached hydrogens (tertiary/aromatic N) is 3. The Morgan fingerprint density at radius 2 is 1.53 bits per heavy atom. The second kappa shape index (κ2) is 20.5. The third-order valence-corrected chi connectivity index (χ3v) is 9.63. The number of nitrogens with one attached hydrogen (secondary N) is 2. The molecule has 0 fully saturated rings. The molecule has 3 aromatic rings. The number of alkyl halides is 4. The lowest BCUT2D eigenvalue weighted by atomic mass is 9.93. The van der Waals surface area contributed by atoms with E-state index < -0.39 is 93.6 Å². The molecule has 2 aliphatic rings. The first kappa shape index (κ1) is 45.6. The van der Waals surface area contributed by atoms with Crippen molar-refractivity contribution in [3.05, 3.63) is 70.0 Å². The minimum absolute atomic E-state index is 0.000883. The molecule has 1 aliphatic carbocycles. The Morgan fingerprint density at radius 1 is 0.932 bits per heavy atom. The van der Waals surface area contributed by atoms with Crippen molar-refractivity contribution < 1.29 is 78.4 Å². The van der Waals surface area contributed by atoms with Gasteiger partial charge in [-0.1, -0.05) is 43.5 Å². The summed E-state index contributed by atoms with van der Waals surface area (Å²) >= 11 is 6.02. The Labute approximate surface area is 336 Å². The second-order valence-electron chi connectivity index (χ2n) is 12.0.